The summed E-state index contributed by atoms with van der Waals surface area (Å²) >= 11 is 0. The fourth-order valence-electron chi connectivity index (χ4n) is 2.88. The zero-order chi connectivity index (χ0) is 20.8. The van der Waals surface area contributed by atoms with Crippen LogP contribution in [0.3, 0.4) is 0 Å². The van der Waals surface area contributed by atoms with E-state index in [2.05, 4.69) is 0 Å². The molecule has 0 heterocycles. The molecule has 0 fully saturated rings. The lowest BCUT2D eigenvalue weighted by Crippen LogP contribution is -2.10. The van der Waals surface area contributed by atoms with E-state index in [-0.39, 0.29) is 5.78 Å². The number of ether oxygens (including phenoxy) is 4. The summed E-state index contributed by atoms with van der Waals surface area (Å²) in [4.78, 5) is 15.0. The van der Waals surface area contributed by atoms with Crippen molar-refractivity contribution in [1.29, 1.82) is 0 Å². The maximum atomic E-state index is 13.1. The van der Waals surface area contributed by atoms with E-state index in [4.69, 9.17) is 18.9 Å². The molecule has 0 aromatic heterocycles. The number of anilines is 1. The van der Waals surface area contributed by atoms with Crippen LogP contribution in [0.25, 0.3) is 6.08 Å². The monoisotopic (exact) mass is 385 g/mol. The number of hydrogen-bond donors (Lipinski definition) is 0. The van der Waals surface area contributed by atoms with Crippen LogP contribution in [-0.4, -0.2) is 48.3 Å². The Balaban J connectivity index is 2.45. The van der Waals surface area contributed by atoms with E-state index >= 15 is 0 Å². The standard InChI is InChI=1S/C22H27NO5/c1-14(10-15-8-9-18(25-4)17(11-15)23(2)3)22(24)16-12-20(27-6)21(28-7)13-19(16)26-5/h8-13H,1-7H3. The Bertz CT molecular complexity index is 887. The summed E-state index contributed by atoms with van der Waals surface area (Å²) in [6.07, 6.45) is 1.84. The second-order valence-electron chi connectivity index (χ2n) is 6.39. The third-order valence-electron chi connectivity index (χ3n) is 4.38. The Kier molecular flexibility index (Phi) is 6.93. The maximum Gasteiger partial charge on any atom is 0.192 e. The molecule has 0 radical (unpaired) electrons. The zero-order valence-corrected chi connectivity index (χ0v) is 17.5. The fraction of sp³-hybridized carbons (Fsp3) is 0.318. The first kappa shape index (κ1) is 21.2. The number of benzene rings is 2. The molecule has 2 aromatic carbocycles. The van der Waals surface area contributed by atoms with Crippen molar-refractivity contribution >= 4 is 17.5 Å². The van der Waals surface area contributed by atoms with E-state index in [1.807, 2.05) is 43.3 Å². The Morgan fingerprint density at radius 3 is 1.93 bits per heavy atom. The third-order valence-corrected chi connectivity index (χ3v) is 4.38. The molecule has 28 heavy (non-hydrogen) atoms. The molecular weight excluding hydrogens is 358 g/mol. The molecule has 2 aromatic rings. The highest BCUT2D eigenvalue weighted by Gasteiger charge is 2.19. The molecule has 0 unspecified atom stereocenters. The van der Waals surface area contributed by atoms with Crippen molar-refractivity contribution in [3.05, 3.63) is 47.0 Å². The van der Waals surface area contributed by atoms with Gasteiger partial charge in [0.1, 0.15) is 11.5 Å². The highest BCUT2D eigenvalue weighted by molar-refractivity contribution is 6.13. The predicted molar refractivity (Wildman–Crippen MR) is 111 cm³/mol. The average molecular weight is 385 g/mol. The van der Waals surface area contributed by atoms with Gasteiger partial charge in [-0.05, 0) is 42.3 Å². The van der Waals surface area contributed by atoms with E-state index in [1.54, 1.807) is 26.2 Å². The molecule has 0 spiro atoms. The van der Waals surface area contributed by atoms with Gasteiger partial charge in [-0.2, -0.15) is 0 Å². The van der Waals surface area contributed by atoms with Crippen LogP contribution in [0.2, 0.25) is 0 Å². The first-order chi connectivity index (χ1) is 13.4. The Labute approximate surface area is 166 Å². The molecule has 0 aliphatic rings. The molecule has 6 nitrogen and oxygen atoms in total. The number of Topliss-reactive ketones (excluding diaryl/α,β-unsaturated/α-hetero) is 1. The number of carbonyl (C=O) groups excluding carboxylic acids is 1. The highest BCUT2D eigenvalue weighted by Crippen LogP contribution is 2.36. The van der Waals surface area contributed by atoms with Gasteiger partial charge < -0.3 is 23.8 Å². The van der Waals surface area contributed by atoms with E-state index in [1.165, 1.54) is 21.3 Å². The number of carbonyl (C=O) groups is 1. The molecule has 0 bridgehead atoms. The molecule has 0 aliphatic heterocycles. The molecule has 0 amide bonds. The van der Waals surface area contributed by atoms with Crippen molar-refractivity contribution < 1.29 is 23.7 Å². The summed E-state index contributed by atoms with van der Waals surface area (Å²) in [5.74, 6) is 2.02. The van der Waals surface area contributed by atoms with Gasteiger partial charge in [-0.1, -0.05) is 6.07 Å². The van der Waals surface area contributed by atoms with Gasteiger partial charge in [-0.15, -0.1) is 0 Å². The molecule has 0 N–H and O–H groups in total. The lowest BCUT2D eigenvalue weighted by Gasteiger charge is -2.17. The predicted octanol–water partition coefficient (Wildman–Crippen LogP) is 4.07. The van der Waals surface area contributed by atoms with E-state index in [0.29, 0.717) is 28.4 Å². The zero-order valence-electron chi connectivity index (χ0n) is 17.5. The minimum Gasteiger partial charge on any atom is -0.496 e. The average Bonchev–Trinajstić information content (AvgIpc) is 2.71. The quantitative estimate of drug-likeness (QED) is 0.504. The topological polar surface area (TPSA) is 57.2 Å². The number of hydrogen-bond acceptors (Lipinski definition) is 6. The van der Waals surface area contributed by atoms with Crippen LogP contribution in [0, 0.1) is 0 Å². The van der Waals surface area contributed by atoms with Crippen LogP contribution >= 0.6 is 0 Å². The van der Waals surface area contributed by atoms with E-state index < -0.39 is 0 Å². The molecule has 2 rings (SSSR count). The number of allylic oxidation sites excluding steroid dienone is 1. The first-order valence-electron chi connectivity index (χ1n) is 8.74. The van der Waals surface area contributed by atoms with Crippen LogP contribution in [-0.2, 0) is 0 Å². The van der Waals surface area contributed by atoms with Gasteiger partial charge in [0.15, 0.2) is 17.3 Å². The Morgan fingerprint density at radius 2 is 1.39 bits per heavy atom. The van der Waals surface area contributed by atoms with E-state index in [9.17, 15) is 4.79 Å². The smallest absolute Gasteiger partial charge is 0.192 e. The summed E-state index contributed by atoms with van der Waals surface area (Å²) in [7, 11) is 10.1. The highest BCUT2D eigenvalue weighted by atomic mass is 16.5. The van der Waals surface area contributed by atoms with Gasteiger partial charge in [-0.25, -0.2) is 0 Å². The van der Waals surface area contributed by atoms with Gasteiger partial charge in [0.2, 0.25) is 0 Å². The second-order valence-corrected chi connectivity index (χ2v) is 6.39. The van der Waals surface area contributed by atoms with Gasteiger partial charge in [0, 0.05) is 20.2 Å². The third kappa shape index (κ3) is 4.39. The van der Waals surface area contributed by atoms with Crippen LogP contribution in [0.5, 0.6) is 23.0 Å². The van der Waals surface area contributed by atoms with Crippen molar-refractivity contribution in [2.75, 3.05) is 47.4 Å². The largest absolute Gasteiger partial charge is 0.496 e. The number of methoxy groups -OCH3 is 4. The van der Waals surface area contributed by atoms with Crippen molar-refractivity contribution in [2.45, 2.75) is 6.92 Å². The van der Waals surface area contributed by atoms with Gasteiger partial charge in [0.25, 0.3) is 0 Å². The van der Waals surface area contributed by atoms with Crippen LogP contribution in [0.15, 0.2) is 35.9 Å². The Hall–Kier alpha value is -3.15. The first-order valence-corrected chi connectivity index (χ1v) is 8.74. The molecule has 0 saturated heterocycles. The fourth-order valence-corrected chi connectivity index (χ4v) is 2.88. The Morgan fingerprint density at radius 1 is 0.821 bits per heavy atom. The summed E-state index contributed by atoms with van der Waals surface area (Å²) in [5, 5.41) is 0. The van der Waals surface area contributed by atoms with Crippen molar-refractivity contribution in [3.63, 3.8) is 0 Å². The van der Waals surface area contributed by atoms with Gasteiger partial charge in [-0.3, -0.25) is 4.79 Å². The summed E-state index contributed by atoms with van der Waals surface area (Å²) in [5.41, 5.74) is 2.81. The molecular formula is C22H27NO5. The van der Waals surface area contributed by atoms with E-state index in [0.717, 1.165) is 17.0 Å². The molecule has 0 saturated carbocycles. The lowest BCUT2D eigenvalue weighted by atomic mass is 10.0. The maximum absolute atomic E-state index is 13.1. The van der Waals surface area contributed by atoms with Crippen molar-refractivity contribution in [3.8, 4) is 23.0 Å². The second kappa shape index (κ2) is 9.17. The molecule has 0 atom stereocenters. The molecule has 150 valence electrons. The summed E-state index contributed by atoms with van der Waals surface area (Å²) in [6, 6.07) is 9.05. The number of nitrogens with zero attached hydrogens (tertiary/aromatic N) is 1. The van der Waals surface area contributed by atoms with Crippen LogP contribution in [0.1, 0.15) is 22.8 Å². The van der Waals surface area contributed by atoms with Crippen molar-refractivity contribution in [1.82, 2.24) is 0 Å². The SMILES string of the molecule is COc1cc(OC)c(C(=O)C(C)=Cc2ccc(OC)c(N(C)C)c2)cc1OC. The molecule has 0 aliphatic carbocycles. The van der Waals surface area contributed by atoms with Crippen LogP contribution < -0.4 is 23.8 Å². The number of rotatable bonds is 8. The minimum absolute atomic E-state index is 0.153. The number of ketones is 1. The van der Waals surface area contributed by atoms with Gasteiger partial charge >= 0.3 is 0 Å². The minimum atomic E-state index is -0.153. The summed E-state index contributed by atoms with van der Waals surface area (Å²) in [6.45, 7) is 1.78. The normalized spacial score (nSPS) is 11.0. The van der Waals surface area contributed by atoms with Crippen molar-refractivity contribution in [2.24, 2.45) is 0 Å². The van der Waals surface area contributed by atoms with Gasteiger partial charge in [0.05, 0.1) is 39.7 Å². The summed E-state index contributed by atoms with van der Waals surface area (Å²) < 4.78 is 21.4. The molecule has 6 heteroatoms. The van der Waals surface area contributed by atoms with Crippen LogP contribution in [0.4, 0.5) is 5.69 Å². The lowest BCUT2D eigenvalue weighted by molar-refractivity contribution is 0.103.